The van der Waals surface area contributed by atoms with E-state index in [0.717, 1.165) is 116 Å². The van der Waals surface area contributed by atoms with Gasteiger partial charge in [-0.05, 0) is 109 Å². The third kappa shape index (κ3) is 79.1. The largest absolute Gasteiger partial charge is 0.472 e. The summed E-state index contributed by atoms with van der Waals surface area (Å²) in [5.74, 6) is -1.60. The molecule has 0 heterocycles. The highest BCUT2D eigenvalue weighted by molar-refractivity contribution is 7.47. The van der Waals surface area contributed by atoms with Crippen molar-refractivity contribution in [2.24, 2.45) is 0 Å². The van der Waals surface area contributed by atoms with Gasteiger partial charge in [-0.25, -0.2) is 9.13 Å². The van der Waals surface area contributed by atoms with Crippen LogP contribution >= 0.6 is 15.6 Å². The van der Waals surface area contributed by atoms with E-state index in [4.69, 9.17) is 32.3 Å². The van der Waals surface area contributed by atoms with Crippen LogP contribution in [0.3, 0.4) is 0 Å². The average Bonchev–Trinajstić information content (AvgIpc) is 0.946. The van der Waals surface area contributed by atoms with E-state index >= 15 is 0 Å². The first-order chi connectivity index (χ1) is 50.2. The maximum atomic E-state index is 12.9. The molecule has 103 heavy (non-hydrogen) atoms. The van der Waals surface area contributed by atoms with Crippen LogP contribution in [0, 0.1) is 0 Å². The third-order valence-corrected chi connectivity index (χ3v) is 19.4. The quantitative estimate of drug-likeness (QED) is 0.0146. The topological polar surface area (TPSA) is 231 Å². The molecule has 0 aliphatic carbocycles. The van der Waals surface area contributed by atoms with Crippen LogP contribution in [0.4, 0.5) is 0 Å². The molecule has 5 unspecified atom stereocenters. The number of unbranched alkanes of at least 4 members (excludes halogenated alkanes) is 37. The Bertz CT molecular complexity index is 2310. The Balaban J connectivity index is 4.37. The summed E-state index contributed by atoms with van der Waals surface area (Å²) in [5, 5.41) is 20.6. The van der Waals surface area contributed by atoms with Crippen molar-refractivity contribution >= 4 is 33.6 Å². The zero-order valence-electron chi connectivity index (χ0n) is 65.2. The molecule has 0 rings (SSSR count). The van der Waals surface area contributed by atoms with E-state index in [9.17, 15) is 43.5 Å². The second-order valence-electron chi connectivity index (χ2n) is 27.6. The summed E-state index contributed by atoms with van der Waals surface area (Å²) in [6.45, 7) is 2.53. The summed E-state index contributed by atoms with van der Waals surface area (Å²) in [5.41, 5.74) is 0. The summed E-state index contributed by atoms with van der Waals surface area (Å²) in [6, 6.07) is 0. The lowest BCUT2D eigenvalue weighted by Crippen LogP contribution is -2.30. The molecule has 0 aliphatic heterocycles. The normalized spacial score (nSPS) is 14.5. The van der Waals surface area contributed by atoms with Crippen molar-refractivity contribution in [2.45, 2.75) is 373 Å². The summed E-state index contributed by atoms with van der Waals surface area (Å²) in [6.07, 6.45) is 91.6. The highest BCUT2D eigenvalue weighted by Crippen LogP contribution is 2.45. The van der Waals surface area contributed by atoms with Crippen molar-refractivity contribution in [3.05, 3.63) is 109 Å². The monoisotopic (exact) mass is 1490 g/mol. The molecule has 0 aliphatic rings. The minimum atomic E-state index is -4.93. The lowest BCUT2D eigenvalue weighted by atomic mass is 10.0. The number of carbonyl (C=O) groups excluding carboxylic acids is 3. The second-order valence-corrected chi connectivity index (χ2v) is 30.5. The molecule has 0 aromatic rings. The molecule has 0 bridgehead atoms. The summed E-state index contributed by atoms with van der Waals surface area (Å²) >= 11 is 0. The van der Waals surface area contributed by atoms with Gasteiger partial charge in [-0.1, -0.05) is 336 Å². The van der Waals surface area contributed by atoms with Gasteiger partial charge in [-0.3, -0.25) is 32.5 Å². The number of phosphoric acid groups is 2. The van der Waals surface area contributed by atoms with Crippen molar-refractivity contribution in [3.8, 4) is 0 Å². The molecule has 16 nitrogen and oxygen atoms in total. The van der Waals surface area contributed by atoms with Gasteiger partial charge in [0.1, 0.15) is 25.4 Å². The third-order valence-electron chi connectivity index (χ3n) is 17.5. The lowest BCUT2D eigenvalue weighted by molar-refractivity contribution is -0.161. The van der Waals surface area contributed by atoms with Gasteiger partial charge in [-0.2, -0.15) is 0 Å². The molecule has 5 atom stereocenters. The van der Waals surface area contributed by atoms with Crippen LogP contribution in [-0.4, -0.2) is 95.9 Å². The number of phosphoric ester groups is 2. The van der Waals surface area contributed by atoms with Crippen LogP contribution in [0.15, 0.2) is 109 Å². The Morgan fingerprint density at radius 2 is 0.515 bits per heavy atom. The molecule has 4 N–H and O–H groups in total. The smallest absolute Gasteiger partial charge is 0.463 e. The van der Waals surface area contributed by atoms with Crippen LogP contribution < -0.4 is 0 Å². The summed E-state index contributed by atoms with van der Waals surface area (Å²) in [7, 11) is -9.79. The van der Waals surface area contributed by atoms with Crippen LogP contribution in [0.25, 0.3) is 0 Å². The Hall–Kier alpha value is -3.79. The number of aliphatic hydroxyl groups excluding tert-OH is 2. The number of rotatable bonds is 78. The molecule has 0 saturated carbocycles. The fourth-order valence-electron chi connectivity index (χ4n) is 11.2. The van der Waals surface area contributed by atoms with Crippen molar-refractivity contribution < 1.29 is 75.8 Å². The molecule has 0 aromatic heterocycles. The molecule has 0 radical (unpaired) electrons. The summed E-state index contributed by atoms with van der Waals surface area (Å²) < 4.78 is 61.1. The van der Waals surface area contributed by atoms with E-state index in [-0.39, 0.29) is 19.3 Å². The lowest BCUT2D eigenvalue weighted by Gasteiger charge is -2.21. The van der Waals surface area contributed by atoms with Gasteiger partial charge >= 0.3 is 33.6 Å². The van der Waals surface area contributed by atoms with Gasteiger partial charge in [-0.15, -0.1) is 0 Å². The average molecular weight is 1490 g/mol. The van der Waals surface area contributed by atoms with Crippen molar-refractivity contribution in [1.29, 1.82) is 0 Å². The molecule has 0 fully saturated rings. The zero-order chi connectivity index (χ0) is 75.2. The first kappa shape index (κ1) is 99.2. The highest BCUT2D eigenvalue weighted by atomic mass is 31.2. The molecule has 18 heteroatoms. The molecule has 0 spiro atoms. The Labute approximate surface area is 628 Å². The first-order valence-electron chi connectivity index (χ1n) is 41.2. The fraction of sp³-hybridized carbons (Fsp3) is 0.753. The van der Waals surface area contributed by atoms with E-state index in [1.54, 1.807) is 0 Å². The second kappa shape index (κ2) is 77.8. The van der Waals surface area contributed by atoms with Crippen molar-refractivity contribution in [3.63, 3.8) is 0 Å². The number of esters is 3. The predicted octanol–water partition coefficient (Wildman–Crippen LogP) is 24.3. The van der Waals surface area contributed by atoms with E-state index in [2.05, 4.69) is 130 Å². The number of allylic oxidation sites excluding steroid dienone is 18. The van der Waals surface area contributed by atoms with Crippen LogP contribution in [0.1, 0.15) is 355 Å². The molecular weight excluding hydrogens is 1340 g/mol. The first-order valence-corrected chi connectivity index (χ1v) is 44.2. The van der Waals surface area contributed by atoms with Gasteiger partial charge in [0.15, 0.2) is 6.10 Å². The van der Waals surface area contributed by atoms with Gasteiger partial charge in [0, 0.05) is 19.3 Å². The molecule has 0 amide bonds. The Kier molecular flexibility index (Phi) is 74.9. The number of carbonyl (C=O) groups is 3. The maximum absolute atomic E-state index is 12.9. The Morgan fingerprint density at radius 3 is 0.845 bits per heavy atom. The van der Waals surface area contributed by atoms with Crippen LogP contribution in [0.2, 0.25) is 0 Å². The number of ether oxygens (including phenoxy) is 3. The van der Waals surface area contributed by atoms with E-state index in [1.807, 2.05) is 0 Å². The minimum Gasteiger partial charge on any atom is -0.463 e. The van der Waals surface area contributed by atoms with E-state index in [0.29, 0.717) is 19.3 Å². The molecule has 0 saturated heterocycles. The van der Waals surface area contributed by atoms with E-state index in [1.165, 1.54) is 180 Å². The molecular formula is C85H150O16P2. The van der Waals surface area contributed by atoms with E-state index < -0.39 is 91.5 Å². The van der Waals surface area contributed by atoms with Crippen molar-refractivity contribution in [2.75, 3.05) is 39.6 Å². The molecule has 0 aromatic carbocycles. The Morgan fingerprint density at radius 1 is 0.282 bits per heavy atom. The molecule has 596 valence electrons. The van der Waals surface area contributed by atoms with Crippen molar-refractivity contribution in [1.82, 2.24) is 0 Å². The fourth-order valence-corrected chi connectivity index (χ4v) is 12.8. The van der Waals surface area contributed by atoms with Gasteiger partial charge < -0.3 is 34.2 Å². The highest BCUT2D eigenvalue weighted by Gasteiger charge is 2.29. The standard InChI is InChI=1S/C85H150O16P2/c1-4-7-10-13-16-19-22-25-27-29-31-32-33-34-35-36-37-38-39-40-41-42-43-44-45-46-48-50-51-54-56-59-62-65-68-71-83(88)95-74-80(86)75-97-102(91,92)98-76-81(87)77-99-103(93,94)100-79-82(101-85(90)73-70-67-64-61-58-53-24-21-18-15-12-9-6-3)78-96-84(89)72-69-66-63-60-57-55-52-49-47-30-28-26-23-20-17-14-11-8-5-2/h8,11,16-17,19-20,25-28,31-32,34-35,47,49,55,57,80-82,86-87H,4-7,9-10,12-15,18,21-24,29-30,33,36-46,48,50-54,56,58-79H2,1-3H3,(H,91,92)(H,93,94)/b11-8-,19-16-,20-17-,27-25-,28-26-,32-31-,35-34-,49-47-,57-55-. The predicted molar refractivity (Wildman–Crippen MR) is 427 cm³/mol. The number of hydrogen-bond acceptors (Lipinski definition) is 14. The van der Waals surface area contributed by atoms with Crippen LogP contribution in [0.5, 0.6) is 0 Å². The SMILES string of the molecule is CC/C=C\C/C=C\C/C=C\C/C=C\C/C=C\CCCCCC(=O)OCC(COP(=O)(O)OCC(O)COP(=O)(O)OCC(O)COC(=O)CCCCCCCCCCCCCCCCCCCCC/C=C\C/C=C\C/C=C\C/C=C\CCCCC)OC(=O)CCCCCCCCCCCCCCC. The summed E-state index contributed by atoms with van der Waals surface area (Å²) in [4.78, 5) is 58.6. The minimum absolute atomic E-state index is 0.0995. The zero-order valence-corrected chi connectivity index (χ0v) is 67.0. The van der Waals surface area contributed by atoms with Gasteiger partial charge in [0.2, 0.25) is 0 Å². The van der Waals surface area contributed by atoms with Crippen LogP contribution in [-0.2, 0) is 55.8 Å². The van der Waals surface area contributed by atoms with Gasteiger partial charge in [0.25, 0.3) is 0 Å². The maximum Gasteiger partial charge on any atom is 0.472 e. The number of aliphatic hydroxyl groups is 2. The van der Waals surface area contributed by atoms with Gasteiger partial charge in [0.05, 0.1) is 26.4 Å². The number of hydrogen-bond donors (Lipinski definition) is 4.